The summed E-state index contributed by atoms with van der Waals surface area (Å²) in [5.41, 5.74) is 6.57. The van der Waals surface area contributed by atoms with Crippen molar-refractivity contribution in [1.29, 1.82) is 0 Å². The standard InChI is InChI=1S/C14H19N3OS/c1-10-7-12(10)14(18)17(6-4-13(15)19)9-11-3-2-5-16-8-11/h2-3,5,8,10,12H,4,6-7,9H2,1H3,(H2,15,19). The van der Waals surface area contributed by atoms with Crippen LogP contribution in [0.15, 0.2) is 24.5 Å². The summed E-state index contributed by atoms with van der Waals surface area (Å²) in [5.74, 6) is 0.907. The number of hydrogen-bond acceptors (Lipinski definition) is 3. The molecular weight excluding hydrogens is 258 g/mol. The van der Waals surface area contributed by atoms with Crippen LogP contribution >= 0.6 is 12.2 Å². The first-order valence-corrected chi connectivity index (χ1v) is 6.94. The second-order valence-corrected chi connectivity index (χ2v) is 5.68. The number of hydrogen-bond donors (Lipinski definition) is 1. The van der Waals surface area contributed by atoms with Crippen LogP contribution in [0.5, 0.6) is 0 Å². The van der Waals surface area contributed by atoms with Gasteiger partial charge in [0.1, 0.15) is 0 Å². The topological polar surface area (TPSA) is 59.2 Å². The molecule has 1 aliphatic rings. The lowest BCUT2D eigenvalue weighted by atomic mass is 10.2. The van der Waals surface area contributed by atoms with Crippen LogP contribution in [0, 0.1) is 11.8 Å². The van der Waals surface area contributed by atoms with Crippen molar-refractivity contribution in [2.75, 3.05) is 6.54 Å². The van der Waals surface area contributed by atoms with Crippen molar-refractivity contribution in [2.45, 2.75) is 26.3 Å². The monoisotopic (exact) mass is 277 g/mol. The Labute approximate surface area is 119 Å². The average Bonchev–Trinajstić information content (AvgIpc) is 3.12. The molecule has 1 aromatic heterocycles. The van der Waals surface area contributed by atoms with Gasteiger partial charge in [-0.2, -0.15) is 0 Å². The van der Waals surface area contributed by atoms with Crippen LogP contribution < -0.4 is 5.73 Å². The summed E-state index contributed by atoms with van der Waals surface area (Å²) >= 11 is 4.90. The van der Waals surface area contributed by atoms with E-state index in [4.69, 9.17) is 18.0 Å². The van der Waals surface area contributed by atoms with Crippen LogP contribution in [0.1, 0.15) is 25.3 Å². The largest absolute Gasteiger partial charge is 0.393 e. The van der Waals surface area contributed by atoms with Crippen LogP contribution in [-0.4, -0.2) is 27.3 Å². The zero-order chi connectivity index (χ0) is 13.8. The number of thiocarbonyl (C=S) groups is 1. The van der Waals surface area contributed by atoms with Crippen molar-refractivity contribution in [3.8, 4) is 0 Å². The fourth-order valence-corrected chi connectivity index (χ4v) is 2.22. The van der Waals surface area contributed by atoms with Crippen LogP contribution in [0.4, 0.5) is 0 Å². The van der Waals surface area contributed by atoms with Gasteiger partial charge in [0.25, 0.3) is 0 Å². The Hall–Kier alpha value is -1.49. The minimum Gasteiger partial charge on any atom is -0.393 e. The van der Waals surface area contributed by atoms with E-state index in [1.165, 1.54) is 0 Å². The number of nitrogens with zero attached hydrogens (tertiary/aromatic N) is 2. The molecular formula is C14H19N3OS. The molecule has 19 heavy (non-hydrogen) atoms. The van der Waals surface area contributed by atoms with Gasteiger partial charge in [-0.05, 0) is 24.0 Å². The van der Waals surface area contributed by atoms with Crippen molar-refractivity contribution in [1.82, 2.24) is 9.88 Å². The molecule has 0 saturated heterocycles. The molecule has 0 aromatic carbocycles. The Morgan fingerprint density at radius 3 is 2.89 bits per heavy atom. The van der Waals surface area contributed by atoms with Crippen molar-refractivity contribution in [3.63, 3.8) is 0 Å². The molecule has 1 saturated carbocycles. The van der Waals surface area contributed by atoms with Gasteiger partial charge < -0.3 is 10.6 Å². The fraction of sp³-hybridized carbons (Fsp3) is 0.500. The number of aromatic nitrogens is 1. The first kappa shape index (κ1) is 13.9. The highest BCUT2D eigenvalue weighted by Crippen LogP contribution is 2.39. The van der Waals surface area contributed by atoms with Gasteiger partial charge in [-0.1, -0.05) is 25.2 Å². The summed E-state index contributed by atoms with van der Waals surface area (Å²) in [6.45, 7) is 3.28. The highest BCUT2D eigenvalue weighted by molar-refractivity contribution is 7.80. The molecule has 1 aliphatic carbocycles. The van der Waals surface area contributed by atoms with Gasteiger partial charge in [0.2, 0.25) is 5.91 Å². The molecule has 1 fully saturated rings. The molecule has 0 spiro atoms. The second-order valence-electron chi connectivity index (χ2n) is 5.16. The zero-order valence-electron chi connectivity index (χ0n) is 11.1. The quantitative estimate of drug-likeness (QED) is 0.805. The molecule has 1 amide bonds. The minimum atomic E-state index is 0.183. The third-order valence-electron chi connectivity index (χ3n) is 3.46. The van der Waals surface area contributed by atoms with Crippen molar-refractivity contribution < 1.29 is 4.79 Å². The first-order chi connectivity index (χ1) is 9.08. The maximum absolute atomic E-state index is 12.4. The van der Waals surface area contributed by atoms with Crippen LogP contribution in [0.2, 0.25) is 0 Å². The summed E-state index contributed by atoms with van der Waals surface area (Å²) in [5, 5.41) is 0. The van der Waals surface area contributed by atoms with E-state index in [0.29, 0.717) is 30.4 Å². The number of carbonyl (C=O) groups excluding carboxylic acids is 1. The highest BCUT2D eigenvalue weighted by atomic mass is 32.1. The lowest BCUT2D eigenvalue weighted by Gasteiger charge is -2.22. The smallest absolute Gasteiger partial charge is 0.226 e. The Bertz CT molecular complexity index is 463. The van der Waals surface area contributed by atoms with Gasteiger partial charge in [-0.25, -0.2) is 0 Å². The maximum Gasteiger partial charge on any atom is 0.226 e. The summed E-state index contributed by atoms with van der Waals surface area (Å²) in [6.07, 6.45) is 5.09. The molecule has 102 valence electrons. The first-order valence-electron chi connectivity index (χ1n) is 6.54. The summed E-state index contributed by atoms with van der Waals surface area (Å²) in [4.78, 5) is 18.7. The normalized spacial score (nSPS) is 20.9. The molecule has 2 rings (SSSR count). The van der Waals surface area contributed by atoms with Crippen LogP contribution in [-0.2, 0) is 11.3 Å². The molecule has 0 aliphatic heterocycles. The SMILES string of the molecule is CC1CC1C(=O)N(CCC(N)=S)Cc1cccnc1. The number of rotatable bonds is 6. The zero-order valence-corrected chi connectivity index (χ0v) is 11.9. The van der Waals surface area contributed by atoms with Crippen LogP contribution in [0.25, 0.3) is 0 Å². The van der Waals surface area contributed by atoms with E-state index >= 15 is 0 Å². The summed E-state index contributed by atoms with van der Waals surface area (Å²) < 4.78 is 0. The molecule has 2 unspecified atom stereocenters. The molecule has 2 N–H and O–H groups in total. The number of amides is 1. The molecule has 0 radical (unpaired) electrons. The summed E-state index contributed by atoms with van der Waals surface area (Å²) in [6, 6.07) is 3.86. The lowest BCUT2D eigenvalue weighted by molar-refractivity contribution is -0.133. The van der Waals surface area contributed by atoms with Crippen molar-refractivity contribution >= 4 is 23.1 Å². The maximum atomic E-state index is 12.4. The third-order valence-corrected chi connectivity index (χ3v) is 3.67. The second kappa shape index (κ2) is 6.10. The predicted octanol–water partition coefficient (Wildman–Crippen LogP) is 1.74. The van der Waals surface area contributed by atoms with E-state index in [-0.39, 0.29) is 11.8 Å². The Morgan fingerprint density at radius 2 is 2.37 bits per heavy atom. The van der Waals surface area contributed by atoms with E-state index < -0.39 is 0 Å². The number of carbonyl (C=O) groups is 1. The van der Waals surface area contributed by atoms with Gasteiger partial charge in [0, 0.05) is 37.8 Å². The molecule has 0 bridgehead atoms. The van der Waals surface area contributed by atoms with Gasteiger partial charge in [0.15, 0.2) is 0 Å². The van der Waals surface area contributed by atoms with Crippen LogP contribution in [0.3, 0.4) is 0 Å². The highest BCUT2D eigenvalue weighted by Gasteiger charge is 2.41. The lowest BCUT2D eigenvalue weighted by Crippen LogP contribution is -2.34. The summed E-state index contributed by atoms with van der Waals surface area (Å²) in [7, 11) is 0. The van der Waals surface area contributed by atoms with E-state index in [2.05, 4.69) is 11.9 Å². The number of nitrogens with two attached hydrogens (primary N) is 1. The number of pyridine rings is 1. The Balaban J connectivity index is 2.01. The fourth-order valence-electron chi connectivity index (χ4n) is 2.13. The van der Waals surface area contributed by atoms with E-state index in [0.717, 1.165) is 12.0 Å². The molecule has 4 nitrogen and oxygen atoms in total. The van der Waals surface area contributed by atoms with E-state index in [1.807, 2.05) is 17.0 Å². The van der Waals surface area contributed by atoms with Crippen molar-refractivity contribution in [2.24, 2.45) is 17.6 Å². The Kier molecular flexibility index (Phi) is 4.47. The molecule has 5 heteroatoms. The minimum absolute atomic E-state index is 0.183. The van der Waals surface area contributed by atoms with Crippen molar-refractivity contribution in [3.05, 3.63) is 30.1 Å². The molecule has 2 atom stereocenters. The molecule has 1 aromatic rings. The Morgan fingerprint density at radius 1 is 1.63 bits per heavy atom. The predicted molar refractivity (Wildman–Crippen MR) is 78.3 cm³/mol. The molecule has 1 heterocycles. The van der Waals surface area contributed by atoms with E-state index in [1.54, 1.807) is 12.4 Å². The van der Waals surface area contributed by atoms with E-state index in [9.17, 15) is 4.79 Å². The van der Waals surface area contributed by atoms with Gasteiger partial charge in [0.05, 0.1) is 4.99 Å². The average molecular weight is 277 g/mol. The van der Waals surface area contributed by atoms with Gasteiger partial charge >= 0.3 is 0 Å². The third kappa shape index (κ3) is 3.99. The van der Waals surface area contributed by atoms with Gasteiger partial charge in [-0.15, -0.1) is 0 Å². The van der Waals surface area contributed by atoms with Gasteiger partial charge in [-0.3, -0.25) is 9.78 Å².